The summed E-state index contributed by atoms with van der Waals surface area (Å²) in [7, 11) is 0. The number of nitrogens with zero attached hydrogens (tertiary/aromatic N) is 1. The van der Waals surface area contributed by atoms with Crippen molar-refractivity contribution in [2.24, 2.45) is 0 Å². The van der Waals surface area contributed by atoms with Crippen LogP contribution in [0.1, 0.15) is 31.1 Å². The van der Waals surface area contributed by atoms with Crippen LogP contribution in [-0.4, -0.2) is 22.8 Å². The number of benzene rings is 3. The summed E-state index contributed by atoms with van der Waals surface area (Å²) in [6, 6.07) is 13.0. The fourth-order valence-corrected chi connectivity index (χ4v) is 2.91. The maximum atomic E-state index is 13.4. The second kappa shape index (κ2) is 6.90. The highest BCUT2D eigenvalue weighted by Gasteiger charge is 2.38. The van der Waals surface area contributed by atoms with E-state index in [2.05, 4.69) is 0 Å². The monoisotopic (exact) mass is 397 g/mol. The molecule has 1 aliphatic rings. The van der Waals surface area contributed by atoms with Crippen molar-refractivity contribution in [2.75, 3.05) is 0 Å². The summed E-state index contributed by atoms with van der Waals surface area (Å²) in [4.78, 5) is 41.7. The number of rotatable bonds is 3. The fourth-order valence-electron chi connectivity index (χ4n) is 2.91. The molecule has 0 radical (unpaired) electrons. The van der Waals surface area contributed by atoms with Gasteiger partial charge in [0.15, 0.2) is 17.5 Å². The predicted octanol–water partition coefficient (Wildman–Crippen LogP) is 4.14. The minimum absolute atomic E-state index is 0.00615. The Kier molecular flexibility index (Phi) is 4.38. The van der Waals surface area contributed by atoms with Gasteiger partial charge in [-0.3, -0.25) is 9.59 Å². The van der Waals surface area contributed by atoms with Crippen LogP contribution in [0.4, 0.5) is 13.2 Å². The molecule has 0 atom stereocenters. The summed E-state index contributed by atoms with van der Waals surface area (Å²) in [6.45, 7) is 0. The Morgan fingerprint density at radius 3 is 1.79 bits per heavy atom. The molecule has 8 heteroatoms. The average molecular weight is 397 g/mol. The molecule has 0 saturated heterocycles. The van der Waals surface area contributed by atoms with Crippen molar-refractivity contribution >= 4 is 17.8 Å². The maximum Gasteiger partial charge on any atom is 0.363 e. The van der Waals surface area contributed by atoms with E-state index in [1.165, 1.54) is 36.4 Å². The van der Waals surface area contributed by atoms with E-state index in [1.54, 1.807) is 12.1 Å². The van der Waals surface area contributed by atoms with Crippen LogP contribution in [0.3, 0.4) is 0 Å². The van der Waals surface area contributed by atoms with Crippen molar-refractivity contribution in [3.63, 3.8) is 0 Å². The molecule has 1 aliphatic heterocycles. The van der Waals surface area contributed by atoms with Crippen LogP contribution < -0.4 is 0 Å². The quantitative estimate of drug-likeness (QED) is 0.492. The fraction of sp³-hybridized carbons (Fsp3) is 0. The molecule has 144 valence electrons. The molecule has 0 saturated carbocycles. The number of hydrogen-bond acceptors (Lipinski definition) is 4. The third-order valence-corrected chi connectivity index (χ3v) is 4.37. The molecule has 29 heavy (non-hydrogen) atoms. The number of carbonyl (C=O) groups excluding carboxylic acids is 3. The summed E-state index contributed by atoms with van der Waals surface area (Å²) >= 11 is 0. The summed E-state index contributed by atoms with van der Waals surface area (Å²) < 4.78 is 39.9. The number of hydrogen-bond donors (Lipinski definition) is 0. The van der Waals surface area contributed by atoms with Crippen LogP contribution in [0.2, 0.25) is 0 Å². The first-order valence-electron chi connectivity index (χ1n) is 8.32. The average Bonchev–Trinajstić information content (AvgIpc) is 2.97. The number of imide groups is 1. The first-order chi connectivity index (χ1) is 13.9. The van der Waals surface area contributed by atoms with Gasteiger partial charge in [-0.2, -0.15) is 0 Å². The van der Waals surface area contributed by atoms with E-state index in [-0.39, 0.29) is 22.3 Å². The van der Waals surface area contributed by atoms with Gasteiger partial charge in [0.25, 0.3) is 11.8 Å². The van der Waals surface area contributed by atoms with Crippen LogP contribution in [0.15, 0.2) is 60.7 Å². The van der Waals surface area contributed by atoms with Gasteiger partial charge in [-0.05, 0) is 47.5 Å². The highest BCUT2D eigenvalue weighted by Crippen LogP contribution is 2.26. The standard InChI is InChI=1S/C21H10F3NO4/c22-16-9-13(10-17(23)18(16)24)11-5-7-12(8-6-11)21(28)29-25-19(26)14-3-1-2-4-15(14)20(25)27/h1-10H. The molecule has 0 bridgehead atoms. The molecule has 2 amide bonds. The van der Waals surface area contributed by atoms with E-state index in [9.17, 15) is 27.6 Å². The van der Waals surface area contributed by atoms with Crippen LogP contribution in [0, 0.1) is 17.5 Å². The number of hydroxylamine groups is 2. The lowest BCUT2D eigenvalue weighted by Crippen LogP contribution is -2.32. The number of amides is 2. The van der Waals surface area contributed by atoms with E-state index in [0.717, 1.165) is 12.1 Å². The maximum absolute atomic E-state index is 13.4. The van der Waals surface area contributed by atoms with E-state index in [4.69, 9.17) is 4.84 Å². The van der Waals surface area contributed by atoms with Gasteiger partial charge >= 0.3 is 5.97 Å². The Bertz CT molecular complexity index is 1120. The van der Waals surface area contributed by atoms with Crippen molar-refractivity contribution < 1.29 is 32.4 Å². The molecule has 5 nitrogen and oxygen atoms in total. The molecule has 0 fully saturated rings. The van der Waals surface area contributed by atoms with E-state index in [0.29, 0.717) is 10.6 Å². The van der Waals surface area contributed by atoms with Crippen LogP contribution in [-0.2, 0) is 4.84 Å². The minimum atomic E-state index is -1.57. The largest absolute Gasteiger partial charge is 0.363 e. The summed E-state index contributed by atoms with van der Waals surface area (Å²) in [6.07, 6.45) is 0. The van der Waals surface area contributed by atoms with Crippen molar-refractivity contribution in [3.05, 3.63) is 94.8 Å². The molecule has 0 aliphatic carbocycles. The topological polar surface area (TPSA) is 63.7 Å². The lowest BCUT2D eigenvalue weighted by Gasteiger charge is -2.13. The lowest BCUT2D eigenvalue weighted by atomic mass is 10.0. The third kappa shape index (κ3) is 3.14. The molecule has 0 spiro atoms. The molecular formula is C21H10F3NO4. The zero-order valence-electron chi connectivity index (χ0n) is 14.5. The molecule has 1 heterocycles. The predicted molar refractivity (Wildman–Crippen MR) is 94.1 cm³/mol. The molecule has 4 rings (SSSR count). The molecule has 3 aromatic carbocycles. The zero-order valence-corrected chi connectivity index (χ0v) is 14.5. The van der Waals surface area contributed by atoms with Gasteiger partial charge in [0.05, 0.1) is 16.7 Å². The highest BCUT2D eigenvalue weighted by molar-refractivity contribution is 6.21. The Hall–Kier alpha value is -3.94. The Labute approximate surface area is 161 Å². The van der Waals surface area contributed by atoms with Gasteiger partial charge < -0.3 is 4.84 Å². The van der Waals surface area contributed by atoms with Gasteiger partial charge in [-0.25, -0.2) is 18.0 Å². The van der Waals surface area contributed by atoms with Gasteiger partial charge in [-0.1, -0.05) is 29.3 Å². The number of halogens is 3. The van der Waals surface area contributed by atoms with Gasteiger partial charge in [0.2, 0.25) is 0 Å². The van der Waals surface area contributed by atoms with Gasteiger partial charge in [0, 0.05) is 0 Å². The molecular weight excluding hydrogens is 387 g/mol. The summed E-state index contributed by atoms with van der Waals surface area (Å²) in [5.74, 6) is -6.73. The van der Waals surface area contributed by atoms with Gasteiger partial charge in [-0.15, -0.1) is 0 Å². The molecule has 3 aromatic rings. The lowest BCUT2D eigenvalue weighted by molar-refractivity contribution is -0.0584. The first kappa shape index (κ1) is 18.4. The van der Waals surface area contributed by atoms with Crippen molar-refractivity contribution in [3.8, 4) is 11.1 Å². The summed E-state index contributed by atoms with van der Waals surface area (Å²) in [5, 5.41) is 0.381. The molecule has 0 unspecified atom stereocenters. The van der Waals surface area contributed by atoms with Crippen LogP contribution >= 0.6 is 0 Å². The van der Waals surface area contributed by atoms with Crippen molar-refractivity contribution in [1.82, 2.24) is 5.06 Å². The summed E-state index contributed by atoms with van der Waals surface area (Å²) in [5.41, 5.74) is 0.636. The smallest absolute Gasteiger partial charge is 0.324 e. The normalized spacial score (nSPS) is 12.9. The number of fused-ring (bicyclic) bond motifs is 1. The minimum Gasteiger partial charge on any atom is -0.324 e. The Morgan fingerprint density at radius 2 is 1.28 bits per heavy atom. The van der Waals surface area contributed by atoms with Crippen molar-refractivity contribution in [2.45, 2.75) is 0 Å². The second-order valence-electron chi connectivity index (χ2n) is 6.16. The van der Waals surface area contributed by atoms with Crippen LogP contribution in [0.25, 0.3) is 11.1 Å². The first-order valence-corrected chi connectivity index (χ1v) is 8.32. The molecule has 0 N–H and O–H groups in total. The number of carbonyl (C=O) groups is 3. The second-order valence-corrected chi connectivity index (χ2v) is 6.16. The third-order valence-electron chi connectivity index (χ3n) is 4.37. The van der Waals surface area contributed by atoms with E-state index < -0.39 is 35.2 Å². The van der Waals surface area contributed by atoms with E-state index in [1.807, 2.05) is 0 Å². The van der Waals surface area contributed by atoms with Gasteiger partial charge in [0.1, 0.15) is 0 Å². The highest BCUT2D eigenvalue weighted by atomic mass is 19.2. The molecule has 0 aromatic heterocycles. The Morgan fingerprint density at radius 1 is 0.759 bits per heavy atom. The zero-order chi connectivity index (χ0) is 20.7. The van der Waals surface area contributed by atoms with Crippen molar-refractivity contribution in [1.29, 1.82) is 0 Å². The SMILES string of the molecule is O=C(ON1C(=O)c2ccccc2C1=O)c1ccc(-c2cc(F)c(F)c(F)c2)cc1. The van der Waals surface area contributed by atoms with E-state index >= 15 is 0 Å². The Balaban J connectivity index is 1.54. The van der Waals surface area contributed by atoms with Crippen LogP contribution in [0.5, 0.6) is 0 Å².